The van der Waals surface area contributed by atoms with E-state index in [1.54, 1.807) is 0 Å². The lowest BCUT2D eigenvalue weighted by Gasteiger charge is -2.46. The molecule has 3 aliphatic rings. The van der Waals surface area contributed by atoms with Gasteiger partial charge in [-0.25, -0.2) is 0 Å². The van der Waals surface area contributed by atoms with E-state index in [-0.39, 0.29) is 18.2 Å². The van der Waals surface area contributed by atoms with Crippen molar-refractivity contribution in [3.05, 3.63) is 11.7 Å². The molecule has 1 aromatic rings. The highest BCUT2D eigenvalue weighted by molar-refractivity contribution is 5.79. The van der Waals surface area contributed by atoms with Crippen molar-refractivity contribution in [3.8, 4) is 0 Å². The molecule has 6 heteroatoms. The highest BCUT2D eigenvalue weighted by Crippen LogP contribution is 2.26. The molecule has 0 aliphatic carbocycles. The molecule has 0 aromatic carbocycles. The fraction of sp³-hybridized carbons (Fsp3) is 0.769. The van der Waals surface area contributed by atoms with Crippen molar-refractivity contribution < 1.29 is 9.32 Å². The first-order valence-electron chi connectivity index (χ1n) is 7.07. The molecule has 104 valence electrons. The van der Waals surface area contributed by atoms with E-state index < -0.39 is 0 Å². The molecule has 4 heterocycles. The molecule has 19 heavy (non-hydrogen) atoms. The second kappa shape index (κ2) is 5.38. The SMILES string of the molecule is CCCC(=O)Cc1nc(C2CN3CCN2CC3)no1. The summed E-state index contributed by atoms with van der Waals surface area (Å²) >= 11 is 0. The number of piperazine rings is 3. The maximum atomic E-state index is 11.6. The smallest absolute Gasteiger partial charge is 0.234 e. The Morgan fingerprint density at radius 1 is 1.37 bits per heavy atom. The maximum absolute atomic E-state index is 11.6. The third-order valence-electron chi connectivity index (χ3n) is 3.94. The first-order chi connectivity index (χ1) is 9.26. The topological polar surface area (TPSA) is 62.5 Å². The van der Waals surface area contributed by atoms with Gasteiger partial charge in [-0.1, -0.05) is 12.1 Å². The van der Waals surface area contributed by atoms with Gasteiger partial charge in [-0.05, 0) is 6.42 Å². The van der Waals surface area contributed by atoms with Gasteiger partial charge in [0.25, 0.3) is 0 Å². The number of ketones is 1. The summed E-state index contributed by atoms with van der Waals surface area (Å²) in [6.07, 6.45) is 1.73. The molecule has 1 aromatic heterocycles. The molecule has 0 saturated carbocycles. The Morgan fingerprint density at radius 2 is 2.16 bits per heavy atom. The molecule has 3 fully saturated rings. The highest BCUT2D eigenvalue weighted by Gasteiger charge is 2.35. The Balaban J connectivity index is 1.66. The van der Waals surface area contributed by atoms with Gasteiger partial charge in [-0.3, -0.25) is 14.6 Å². The molecule has 3 saturated heterocycles. The minimum atomic E-state index is 0.173. The van der Waals surface area contributed by atoms with Crippen LogP contribution in [0.3, 0.4) is 0 Å². The minimum Gasteiger partial charge on any atom is -0.339 e. The van der Waals surface area contributed by atoms with Crippen LogP contribution in [0.4, 0.5) is 0 Å². The Hall–Kier alpha value is -1.27. The van der Waals surface area contributed by atoms with Crippen LogP contribution in [0.25, 0.3) is 0 Å². The Kier molecular flexibility index (Phi) is 3.61. The van der Waals surface area contributed by atoms with E-state index in [4.69, 9.17) is 4.52 Å². The number of hydrogen-bond acceptors (Lipinski definition) is 6. The molecule has 6 nitrogen and oxygen atoms in total. The van der Waals surface area contributed by atoms with Crippen LogP contribution in [0, 0.1) is 0 Å². The number of Topliss-reactive ketones (excluding diaryl/α,β-unsaturated/α-hetero) is 1. The first kappa shape index (κ1) is 12.7. The van der Waals surface area contributed by atoms with Crippen LogP contribution in [0.2, 0.25) is 0 Å². The van der Waals surface area contributed by atoms with Crippen LogP contribution in [0.5, 0.6) is 0 Å². The second-order valence-corrected chi connectivity index (χ2v) is 5.36. The third-order valence-corrected chi connectivity index (χ3v) is 3.94. The third kappa shape index (κ3) is 2.69. The van der Waals surface area contributed by atoms with Crippen molar-refractivity contribution in [1.29, 1.82) is 0 Å². The molecule has 4 rings (SSSR count). The van der Waals surface area contributed by atoms with Gasteiger partial charge in [0.2, 0.25) is 5.89 Å². The van der Waals surface area contributed by atoms with Crippen LogP contribution in [0.15, 0.2) is 4.52 Å². The monoisotopic (exact) mass is 264 g/mol. The number of fused-ring (bicyclic) bond motifs is 3. The van der Waals surface area contributed by atoms with Gasteiger partial charge in [0.05, 0.1) is 12.5 Å². The summed E-state index contributed by atoms with van der Waals surface area (Å²) in [6.45, 7) is 7.39. The fourth-order valence-electron chi connectivity index (χ4n) is 2.87. The molecule has 1 unspecified atom stereocenters. The van der Waals surface area contributed by atoms with E-state index in [2.05, 4.69) is 19.9 Å². The molecule has 0 N–H and O–H groups in total. The van der Waals surface area contributed by atoms with Gasteiger partial charge in [0, 0.05) is 39.1 Å². The van der Waals surface area contributed by atoms with Crippen LogP contribution < -0.4 is 0 Å². The number of rotatable bonds is 5. The van der Waals surface area contributed by atoms with Gasteiger partial charge in [0.15, 0.2) is 5.82 Å². The van der Waals surface area contributed by atoms with E-state index in [0.29, 0.717) is 12.3 Å². The average Bonchev–Trinajstić information content (AvgIpc) is 2.88. The van der Waals surface area contributed by atoms with Crippen LogP contribution in [-0.2, 0) is 11.2 Å². The number of carbonyl (C=O) groups excluding carboxylic acids is 1. The van der Waals surface area contributed by atoms with Crippen molar-refractivity contribution in [2.75, 3.05) is 32.7 Å². The minimum absolute atomic E-state index is 0.173. The Bertz CT molecular complexity index is 451. The summed E-state index contributed by atoms with van der Waals surface area (Å²) in [5.74, 6) is 1.38. The number of carbonyl (C=O) groups is 1. The normalized spacial score (nSPS) is 29.6. The number of hydrogen-bond donors (Lipinski definition) is 0. The van der Waals surface area contributed by atoms with Crippen molar-refractivity contribution in [2.24, 2.45) is 0 Å². The van der Waals surface area contributed by atoms with Crippen molar-refractivity contribution >= 4 is 5.78 Å². The van der Waals surface area contributed by atoms with Crippen molar-refractivity contribution in [2.45, 2.75) is 32.2 Å². The Labute approximate surface area is 112 Å². The van der Waals surface area contributed by atoms with Gasteiger partial charge >= 0.3 is 0 Å². The molecule has 2 bridgehead atoms. The molecule has 3 aliphatic heterocycles. The van der Waals surface area contributed by atoms with Crippen LogP contribution >= 0.6 is 0 Å². The number of aromatic nitrogens is 2. The van der Waals surface area contributed by atoms with Crippen molar-refractivity contribution in [3.63, 3.8) is 0 Å². The van der Waals surface area contributed by atoms with Crippen LogP contribution in [0.1, 0.15) is 37.5 Å². The van der Waals surface area contributed by atoms with E-state index in [1.807, 2.05) is 6.92 Å². The largest absolute Gasteiger partial charge is 0.339 e. The lowest BCUT2D eigenvalue weighted by Crippen LogP contribution is -2.57. The zero-order valence-electron chi connectivity index (χ0n) is 11.3. The standard InChI is InChI=1S/C13H20N4O2/c1-2-3-10(18)8-12-14-13(15-19-12)11-9-16-4-6-17(11)7-5-16/h11H,2-9H2,1H3. The van der Waals surface area contributed by atoms with E-state index in [1.165, 1.54) is 0 Å². The predicted octanol–water partition coefficient (Wildman–Crippen LogP) is 0.654. The van der Waals surface area contributed by atoms with Gasteiger partial charge in [0.1, 0.15) is 5.78 Å². The fourth-order valence-corrected chi connectivity index (χ4v) is 2.87. The lowest BCUT2D eigenvalue weighted by molar-refractivity contribution is -0.118. The average molecular weight is 264 g/mol. The summed E-state index contributed by atoms with van der Waals surface area (Å²) in [5, 5.41) is 4.07. The summed E-state index contributed by atoms with van der Waals surface area (Å²) in [6, 6.07) is 0.237. The quantitative estimate of drug-likeness (QED) is 0.778. The molecule has 0 amide bonds. The summed E-state index contributed by atoms with van der Waals surface area (Å²) in [5.41, 5.74) is 0. The molecule has 1 atom stereocenters. The van der Waals surface area contributed by atoms with E-state index in [0.717, 1.165) is 45.0 Å². The Morgan fingerprint density at radius 3 is 2.79 bits per heavy atom. The first-order valence-corrected chi connectivity index (χ1v) is 7.07. The summed E-state index contributed by atoms with van der Waals surface area (Å²) in [7, 11) is 0. The van der Waals surface area contributed by atoms with E-state index >= 15 is 0 Å². The molecular formula is C13H20N4O2. The lowest BCUT2D eigenvalue weighted by atomic mass is 10.1. The van der Waals surface area contributed by atoms with E-state index in [9.17, 15) is 4.79 Å². The van der Waals surface area contributed by atoms with Gasteiger partial charge in [-0.15, -0.1) is 0 Å². The molecule has 0 radical (unpaired) electrons. The second-order valence-electron chi connectivity index (χ2n) is 5.36. The summed E-state index contributed by atoms with van der Waals surface area (Å²) < 4.78 is 5.22. The van der Waals surface area contributed by atoms with Gasteiger partial charge < -0.3 is 4.52 Å². The highest BCUT2D eigenvalue weighted by atomic mass is 16.5. The molecule has 0 spiro atoms. The van der Waals surface area contributed by atoms with Gasteiger partial charge in [-0.2, -0.15) is 4.98 Å². The van der Waals surface area contributed by atoms with Crippen LogP contribution in [-0.4, -0.2) is 58.4 Å². The zero-order valence-corrected chi connectivity index (χ0v) is 11.3. The maximum Gasteiger partial charge on any atom is 0.234 e. The predicted molar refractivity (Wildman–Crippen MR) is 68.7 cm³/mol. The zero-order chi connectivity index (χ0) is 13.2. The van der Waals surface area contributed by atoms with Crippen molar-refractivity contribution in [1.82, 2.24) is 19.9 Å². The summed E-state index contributed by atoms with van der Waals surface area (Å²) in [4.78, 5) is 20.8. The molecular weight excluding hydrogens is 244 g/mol. The number of nitrogens with zero attached hydrogens (tertiary/aromatic N) is 4.